The van der Waals surface area contributed by atoms with Crippen molar-refractivity contribution in [1.29, 1.82) is 0 Å². The smallest absolute Gasteiger partial charge is 0.157 e. The summed E-state index contributed by atoms with van der Waals surface area (Å²) in [6.45, 7) is 2.62. The quantitative estimate of drug-likeness (QED) is 0.783. The van der Waals surface area contributed by atoms with E-state index in [0.29, 0.717) is 6.54 Å². The number of nitrogens with one attached hydrogen (secondary N) is 1. The van der Waals surface area contributed by atoms with Gasteiger partial charge in [0.05, 0.1) is 5.51 Å². The molecule has 1 unspecified atom stereocenters. The normalized spacial score (nSPS) is 13.0. The molecule has 0 radical (unpaired) electrons. The molecule has 2 aromatic heterocycles. The highest BCUT2D eigenvalue weighted by Crippen LogP contribution is 2.20. The highest BCUT2D eigenvalue weighted by atomic mass is 32.1. The monoisotopic (exact) mass is 209 g/mol. The molecule has 0 aliphatic carbocycles. The van der Waals surface area contributed by atoms with Crippen LogP contribution >= 0.6 is 11.3 Å². The van der Waals surface area contributed by atoms with Crippen molar-refractivity contribution in [2.75, 3.05) is 11.9 Å². The molecule has 0 amide bonds. The zero-order valence-corrected chi connectivity index (χ0v) is 8.58. The van der Waals surface area contributed by atoms with Crippen LogP contribution in [0.1, 0.15) is 6.92 Å². The molecular formula is C8H11N5S. The van der Waals surface area contributed by atoms with E-state index in [1.165, 1.54) is 17.7 Å². The van der Waals surface area contributed by atoms with E-state index in [-0.39, 0.29) is 6.04 Å². The molecule has 5 nitrogen and oxygen atoms in total. The highest BCUT2D eigenvalue weighted by molar-refractivity contribution is 7.16. The van der Waals surface area contributed by atoms with Crippen LogP contribution in [0.3, 0.4) is 0 Å². The van der Waals surface area contributed by atoms with Crippen molar-refractivity contribution in [3.63, 3.8) is 0 Å². The van der Waals surface area contributed by atoms with Crippen LogP contribution in [-0.4, -0.2) is 27.5 Å². The van der Waals surface area contributed by atoms with Crippen molar-refractivity contribution >= 4 is 27.5 Å². The predicted octanol–water partition coefficient (Wildman–Crippen LogP) is 0.845. The number of aromatic nitrogens is 3. The van der Waals surface area contributed by atoms with Gasteiger partial charge in [0.25, 0.3) is 0 Å². The molecule has 0 aliphatic heterocycles. The van der Waals surface area contributed by atoms with Crippen LogP contribution in [0, 0.1) is 0 Å². The number of nitrogens with two attached hydrogens (primary N) is 1. The van der Waals surface area contributed by atoms with Gasteiger partial charge in [0, 0.05) is 12.6 Å². The zero-order chi connectivity index (χ0) is 9.97. The molecule has 6 heteroatoms. The topological polar surface area (TPSA) is 76.7 Å². The molecule has 0 bridgehead atoms. The molecule has 0 aromatic carbocycles. The maximum absolute atomic E-state index is 5.64. The van der Waals surface area contributed by atoms with Crippen LogP contribution in [0.2, 0.25) is 0 Å². The Morgan fingerprint density at radius 2 is 2.36 bits per heavy atom. The third-order valence-electron chi connectivity index (χ3n) is 1.73. The lowest BCUT2D eigenvalue weighted by Crippen LogP contribution is -2.25. The van der Waals surface area contributed by atoms with Crippen LogP contribution in [-0.2, 0) is 0 Å². The molecule has 0 spiro atoms. The number of hydrogen-bond acceptors (Lipinski definition) is 6. The van der Waals surface area contributed by atoms with Gasteiger partial charge in [-0.15, -0.1) is 11.3 Å². The van der Waals surface area contributed by atoms with Gasteiger partial charge < -0.3 is 11.1 Å². The van der Waals surface area contributed by atoms with Gasteiger partial charge in [-0.25, -0.2) is 15.0 Å². The number of hydrogen-bond donors (Lipinski definition) is 2. The highest BCUT2D eigenvalue weighted by Gasteiger charge is 2.05. The van der Waals surface area contributed by atoms with Crippen LogP contribution < -0.4 is 11.1 Å². The van der Waals surface area contributed by atoms with Gasteiger partial charge >= 0.3 is 0 Å². The molecule has 3 N–H and O–H groups in total. The van der Waals surface area contributed by atoms with Crippen molar-refractivity contribution in [2.45, 2.75) is 13.0 Å². The molecule has 0 saturated heterocycles. The Labute approximate surface area is 85.4 Å². The van der Waals surface area contributed by atoms with Crippen LogP contribution in [0.5, 0.6) is 0 Å². The van der Waals surface area contributed by atoms with Crippen molar-refractivity contribution in [3.8, 4) is 0 Å². The van der Waals surface area contributed by atoms with Gasteiger partial charge in [-0.05, 0) is 6.92 Å². The second kappa shape index (κ2) is 3.85. The minimum absolute atomic E-state index is 0.0960. The summed E-state index contributed by atoms with van der Waals surface area (Å²) in [5, 5.41) is 3.14. The fourth-order valence-corrected chi connectivity index (χ4v) is 1.71. The minimum atomic E-state index is 0.0960. The first-order valence-corrected chi connectivity index (χ1v) is 5.19. The lowest BCUT2D eigenvalue weighted by molar-refractivity contribution is 0.777. The molecule has 2 rings (SSSR count). The van der Waals surface area contributed by atoms with Crippen LogP contribution in [0.15, 0.2) is 11.8 Å². The molecular weight excluding hydrogens is 198 g/mol. The molecule has 2 aromatic rings. The standard InChI is InChI=1S/C8H11N5S/c1-5(9)2-10-7-6-8(12-3-11-7)14-4-13-6/h3-5H,2,9H2,1H3,(H,10,11,12). The molecule has 2 heterocycles. The Morgan fingerprint density at radius 3 is 3.14 bits per heavy atom. The molecule has 0 aliphatic rings. The van der Waals surface area contributed by atoms with Crippen molar-refractivity contribution in [1.82, 2.24) is 15.0 Å². The van der Waals surface area contributed by atoms with E-state index in [9.17, 15) is 0 Å². The van der Waals surface area contributed by atoms with E-state index in [2.05, 4.69) is 20.3 Å². The summed E-state index contributed by atoms with van der Waals surface area (Å²) >= 11 is 1.50. The summed E-state index contributed by atoms with van der Waals surface area (Å²) in [7, 11) is 0. The largest absolute Gasteiger partial charge is 0.367 e. The van der Waals surface area contributed by atoms with Crippen LogP contribution in [0.25, 0.3) is 10.3 Å². The second-order valence-electron chi connectivity index (χ2n) is 3.09. The minimum Gasteiger partial charge on any atom is -0.367 e. The van der Waals surface area contributed by atoms with E-state index < -0.39 is 0 Å². The third-order valence-corrected chi connectivity index (χ3v) is 2.46. The lowest BCUT2D eigenvalue weighted by Gasteiger charge is -2.07. The first-order chi connectivity index (χ1) is 6.77. The average molecular weight is 209 g/mol. The maximum Gasteiger partial charge on any atom is 0.157 e. The molecule has 1 atom stereocenters. The summed E-state index contributed by atoms with van der Waals surface area (Å²) in [4.78, 5) is 13.3. The van der Waals surface area contributed by atoms with Gasteiger partial charge in [-0.2, -0.15) is 0 Å². The maximum atomic E-state index is 5.64. The number of anilines is 1. The zero-order valence-electron chi connectivity index (χ0n) is 7.77. The number of fused-ring (bicyclic) bond motifs is 1. The van der Waals surface area contributed by atoms with Crippen LogP contribution in [0.4, 0.5) is 5.82 Å². The van der Waals surface area contributed by atoms with E-state index in [0.717, 1.165) is 16.2 Å². The van der Waals surface area contributed by atoms with Gasteiger partial charge in [0.15, 0.2) is 5.82 Å². The SMILES string of the molecule is CC(N)CNc1ncnc2scnc12. The fraction of sp³-hybridized carbons (Fsp3) is 0.375. The third kappa shape index (κ3) is 1.80. The molecule has 0 saturated carbocycles. The van der Waals surface area contributed by atoms with E-state index in [1.54, 1.807) is 5.51 Å². The fourth-order valence-electron chi connectivity index (χ4n) is 1.08. The summed E-state index contributed by atoms with van der Waals surface area (Å²) in [6, 6.07) is 0.0960. The first kappa shape index (κ1) is 9.29. The van der Waals surface area contributed by atoms with Crippen molar-refractivity contribution < 1.29 is 0 Å². The average Bonchev–Trinajstić information content (AvgIpc) is 2.62. The van der Waals surface area contributed by atoms with Gasteiger partial charge in [0.2, 0.25) is 0 Å². The van der Waals surface area contributed by atoms with Crippen molar-refractivity contribution in [2.24, 2.45) is 5.73 Å². The summed E-state index contributed by atoms with van der Waals surface area (Å²) in [5.74, 6) is 0.758. The Bertz CT molecular complexity index is 424. The Hall–Kier alpha value is -1.27. The molecule has 14 heavy (non-hydrogen) atoms. The molecule has 74 valence electrons. The van der Waals surface area contributed by atoms with E-state index in [1.807, 2.05) is 6.92 Å². The van der Waals surface area contributed by atoms with Crippen molar-refractivity contribution in [3.05, 3.63) is 11.8 Å². The summed E-state index contributed by atoms with van der Waals surface area (Å²) in [5.41, 5.74) is 8.21. The van der Waals surface area contributed by atoms with Gasteiger partial charge in [0.1, 0.15) is 16.7 Å². The Morgan fingerprint density at radius 1 is 1.50 bits per heavy atom. The Balaban J connectivity index is 2.27. The number of thiazole rings is 1. The van der Waals surface area contributed by atoms with Gasteiger partial charge in [-0.3, -0.25) is 0 Å². The molecule has 0 fully saturated rings. The summed E-state index contributed by atoms with van der Waals surface area (Å²) in [6.07, 6.45) is 1.53. The Kier molecular flexibility index (Phi) is 2.55. The number of rotatable bonds is 3. The summed E-state index contributed by atoms with van der Waals surface area (Å²) < 4.78 is 0. The lowest BCUT2D eigenvalue weighted by atomic mass is 10.3. The van der Waals surface area contributed by atoms with Gasteiger partial charge in [-0.1, -0.05) is 0 Å². The van der Waals surface area contributed by atoms with E-state index in [4.69, 9.17) is 5.73 Å². The number of nitrogens with zero attached hydrogens (tertiary/aromatic N) is 3. The second-order valence-corrected chi connectivity index (χ2v) is 3.92. The van der Waals surface area contributed by atoms with E-state index >= 15 is 0 Å². The first-order valence-electron chi connectivity index (χ1n) is 4.31. The predicted molar refractivity (Wildman–Crippen MR) is 57.3 cm³/mol.